The summed E-state index contributed by atoms with van der Waals surface area (Å²) < 4.78 is 7.13. The molecule has 2 N–H and O–H groups in total. The molecule has 10 heavy (non-hydrogen) atoms. The van der Waals surface area contributed by atoms with E-state index in [1.807, 2.05) is 6.92 Å². The van der Waals surface area contributed by atoms with Gasteiger partial charge in [0.15, 0.2) is 1.41 Å². The van der Waals surface area contributed by atoms with Crippen molar-refractivity contribution < 1.29 is 6.52 Å². The molecule has 0 aliphatic heterocycles. The maximum Gasteiger partial charge on any atom is 0.189 e. The molecular weight excluding hydrogens is 128 g/mol. The van der Waals surface area contributed by atoms with Gasteiger partial charge in [-0.2, -0.15) is 5.10 Å². The second kappa shape index (κ2) is 2.09. The summed E-state index contributed by atoms with van der Waals surface area (Å²) in [5.74, 6) is 0. The zero-order chi connectivity index (χ0) is 8.65. The van der Waals surface area contributed by atoms with Crippen LogP contribution in [0.25, 0.3) is 0 Å². The summed E-state index contributed by atoms with van der Waals surface area (Å²) in [5, 5.41) is 14.3. The van der Waals surface area contributed by atoms with Gasteiger partial charge in [0.2, 0.25) is 0 Å². The number of aliphatic hydroxyl groups is 1. The number of aromatic nitrogens is 2. The molecule has 3 heteroatoms. The third-order valence-corrected chi connectivity index (χ3v) is 1.36. The first-order chi connectivity index (χ1) is 4.91. The van der Waals surface area contributed by atoms with Crippen molar-refractivity contribution in [3.05, 3.63) is 17.5 Å². The van der Waals surface area contributed by atoms with Crippen molar-refractivity contribution in [1.29, 1.82) is 0 Å². The van der Waals surface area contributed by atoms with E-state index in [0.717, 1.165) is 10.7 Å². The lowest BCUT2D eigenvalue weighted by Gasteiger charge is -2.14. The van der Waals surface area contributed by atoms with Crippen molar-refractivity contribution in [2.75, 3.05) is 0 Å². The summed E-state index contributed by atoms with van der Waals surface area (Å²) >= 11 is 0. The zero-order valence-electron chi connectivity index (χ0n) is 7.42. The van der Waals surface area contributed by atoms with Gasteiger partial charge in [0.05, 0.1) is 5.69 Å². The maximum absolute atomic E-state index is 9.52. The van der Waals surface area contributed by atoms with Crippen LogP contribution >= 0.6 is 0 Å². The van der Waals surface area contributed by atoms with Crippen LogP contribution in [0, 0.1) is 6.92 Å². The van der Waals surface area contributed by atoms with E-state index in [-0.39, 0.29) is 0 Å². The lowest BCUT2D eigenvalue weighted by Crippen LogP contribution is -2.17. The number of hydrogen-bond acceptors (Lipinski definition) is 2. The van der Waals surface area contributed by atoms with Crippen LogP contribution in [-0.2, 0) is 5.60 Å². The predicted molar refractivity (Wildman–Crippen MR) is 38.6 cm³/mol. The number of aromatic amines is 1. The molecule has 0 saturated carbocycles. The van der Waals surface area contributed by atoms with Crippen LogP contribution < -0.4 is 0 Å². The molecule has 1 aromatic rings. The molecule has 0 fully saturated rings. The first-order valence-corrected chi connectivity index (χ1v) is 3.19. The number of hydrogen-bond donors (Lipinski definition) is 2. The molecule has 0 radical (unpaired) electrons. The quantitative estimate of drug-likeness (QED) is 0.611. The largest absolute Gasteiger partial charge is 0.384 e. The fourth-order valence-corrected chi connectivity index (χ4v) is 0.918. The average molecular weight is 141 g/mol. The summed E-state index contributed by atoms with van der Waals surface area (Å²) in [7, 11) is 0. The van der Waals surface area contributed by atoms with Gasteiger partial charge in [-0.1, -0.05) is 0 Å². The second-order valence-corrected chi connectivity index (χ2v) is 2.94. The monoisotopic (exact) mass is 141 g/mol. The van der Waals surface area contributed by atoms with E-state index in [0.29, 0.717) is 5.69 Å². The Labute approximate surface area is 61.5 Å². The summed E-state index contributed by atoms with van der Waals surface area (Å²) in [6.45, 7) is 5.13. The number of H-pyrrole nitrogens is 1. The molecule has 0 aliphatic carbocycles. The minimum atomic E-state index is -0.948. The van der Waals surface area contributed by atoms with Gasteiger partial charge in [-0.05, 0) is 26.3 Å². The van der Waals surface area contributed by atoms with Gasteiger partial charge >= 0.3 is 0 Å². The van der Waals surface area contributed by atoms with Crippen molar-refractivity contribution in [3.8, 4) is 0 Å². The summed E-state index contributed by atoms with van der Waals surface area (Å²) in [5.41, 5.74) is 0.455. The molecule has 0 spiro atoms. The Hall–Kier alpha value is -0.830. The molecule has 1 rings (SSSR count). The highest BCUT2D eigenvalue weighted by Crippen LogP contribution is 2.19. The Morgan fingerprint density at radius 3 is 2.60 bits per heavy atom. The molecule has 0 atom stereocenters. The van der Waals surface area contributed by atoms with Crippen LogP contribution in [0.3, 0.4) is 0 Å². The van der Waals surface area contributed by atoms with E-state index >= 15 is 0 Å². The fourth-order valence-electron chi connectivity index (χ4n) is 0.918. The lowest BCUT2D eigenvalue weighted by molar-refractivity contribution is 0.0731. The summed E-state index contributed by atoms with van der Waals surface area (Å²) in [6.07, 6.45) is 1.56. The van der Waals surface area contributed by atoms with Crippen molar-refractivity contribution in [2.45, 2.75) is 26.4 Å². The van der Waals surface area contributed by atoms with Gasteiger partial charge < -0.3 is 5.11 Å². The topological polar surface area (TPSA) is 48.9 Å². The third kappa shape index (κ3) is 1.19. The molecule has 0 bridgehead atoms. The number of nitrogens with zero attached hydrogens (tertiary/aromatic N) is 1. The Bertz CT molecular complexity index is 262. The Morgan fingerprint density at radius 1 is 1.80 bits per heavy atom. The number of nitrogens with one attached hydrogen (secondary N) is 1. The average Bonchev–Trinajstić information content (AvgIpc) is 2.08. The minimum Gasteiger partial charge on any atom is -0.384 e. The maximum atomic E-state index is 9.52. The SMILES string of the molecule is [2H]n1cc(C)c(C(C)(C)O)n1. The van der Waals surface area contributed by atoms with Gasteiger partial charge in [0.1, 0.15) is 5.60 Å². The van der Waals surface area contributed by atoms with E-state index in [9.17, 15) is 5.11 Å². The summed E-state index contributed by atoms with van der Waals surface area (Å²) in [6, 6.07) is 0. The van der Waals surface area contributed by atoms with Crippen LogP contribution in [0.2, 0.25) is 1.41 Å². The van der Waals surface area contributed by atoms with E-state index in [1.54, 1.807) is 20.0 Å². The van der Waals surface area contributed by atoms with Crippen LogP contribution in [0.5, 0.6) is 0 Å². The Balaban J connectivity index is 3.13. The fraction of sp³-hybridized carbons (Fsp3) is 0.571. The van der Waals surface area contributed by atoms with Crippen LogP contribution in [0.15, 0.2) is 6.20 Å². The van der Waals surface area contributed by atoms with Crippen molar-refractivity contribution in [2.24, 2.45) is 0 Å². The van der Waals surface area contributed by atoms with Crippen molar-refractivity contribution >= 4 is 0 Å². The standard InChI is InChI=1S/C7H12N2O/c1-5-4-8-9-6(5)7(2,3)10/h4,10H,1-3H3,(H,8,9)/i/hD. The molecule has 1 heterocycles. The molecule has 3 nitrogen and oxygen atoms in total. The number of rotatable bonds is 1. The smallest absolute Gasteiger partial charge is 0.189 e. The molecule has 1 aromatic heterocycles. The predicted octanol–water partition coefficient (Wildman–Crippen LogP) is 0.946. The molecule has 0 aliphatic rings. The molecule has 0 unspecified atom stereocenters. The first kappa shape index (κ1) is 5.92. The minimum absolute atomic E-state index is 0.563. The summed E-state index contributed by atoms with van der Waals surface area (Å²) in [4.78, 5) is 0. The van der Waals surface area contributed by atoms with Gasteiger partial charge in [0, 0.05) is 6.20 Å². The van der Waals surface area contributed by atoms with Crippen LogP contribution in [-0.4, -0.2) is 15.3 Å². The van der Waals surface area contributed by atoms with Gasteiger partial charge in [0.25, 0.3) is 0 Å². The van der Waals surface area contributed by atoms with Crippen molar-refractivity contribution in [1.82, 2.24) is 10.2 Å². The highest BCUT2D eigenvalue weighted by atomic mass is 16.3. The third-order valence-electron chi connectivity index (χ3n) is 1.36. The lowest BCUT2D eigenvalue weighted by atomic mass is 10.0. The van der Waals surface area contributed by atoms with Crippen LogP contribution in [0.1, 0.15) is 25.1 Å². The van der Waals surface area contributed by atoms with Gasteiger partial charge in [-0.3, -0.25) is 5.09 Å². The Kier molecular flexibility index (Phi) is 1.24. The second-order valence-electron chi connectivity index (χ2n) is 2.94. The van der Waals surface area contributed by atoms with Gasteiger partial charge in [-0.15, -0.1) is 0 Å². The normalized spacial score (nSPS) is 13.4. The number of aryl methyl sites for hydroxylation is 1. The highest BCUT2D eigenvalue weighted by Gasteiger charge is 2.20. The molecule has 0 aromatic carbocycles. The highest BCUT2D eigenvalue weighted by molar-refractivity contribution is 5.19. The molecule has 0 amide bonds. The van der Waals surface area contributed by atoms with E-state index in [1.165, 1.54) is 0 Å². The van der Waals surface area contributed by atoms with Gasteiger partial charge in [-0.25, -0.2) is 0 Å². The molecule has 56 valence electrons. The molecular formula is C7H12N2O. The first-order valence-electron chi connectivity index (χ1n) is 3.64. The zero-order valence-corrected chi connectivity index (χ0v) is 6.42. The Morgan fingerprint density at radius 2 is 2.40 bits per heavy atom. The van der Waals surface area contributed by atoms with E-state index in [4.69, 9.17) is 1.41 Å². The van der Waals surface area contributed by atoms with Crippen molar-refractivity contribution in [3.63, 3.8) is 0 Å². The van der Waals surface area contributed by atoms with Crippen LogP contribution in [0.4, 0.5) is 0 Å². The van der Waals surface area contributed by atoms with E-state index < -0.39 is 5.60 Å². The molecule has 0 saturated heterocycles. The van der Waals surface area contributed by atoms with E-state index in [2.05, 4.69) is 5.10 Å².